The predicted molar refractivity (Wildman–Crippen MR) is 47.9 cm³/mol. The highest BCUT2D eigenvalue weighted by molar-refractivity contribution is 5.42. The van der Waals surface area contributed by atoms with Gasteiger partial charge in [0.2, 0.25) is 0 Å². The third-order valence-corrected chi connectivity index (χ3v) is 1.78. The highest BCUT2D eigenvalue weighted by atomic mass is 16.1. The number of nitrogen functional groups attached to an aromatic ring is 1. The molecule has 1 rings (SSSR count). The van der Waals surface area contributed by atoms with Gasteiger partial charge in [0.05, 0.1) is 6.20 Å². The number of nitrogens with zero attached hydrogens (tertiary/aromatic N) is 2. The molecular formula is C8H13N3O. The van der Waals surface area contributed by atoms with Crippen LogP contribution in [0, 0.1) is 0 Å². The maximum Gasteiger partial charge on any atom is 0.289 e. The summed E-state index contributed by atoms with van der Waals surface area (Å²) in [6.07, 6.45) is 3.44. The molecule has 66 valence electrons. The van der Waals surface area contributed by atoms with Crippen LogP contribution in [-0.4, -0.2) is 9.78 Å². The van der Waals surface area contributed by atoms with Gasteiger partial charge >= 0.3 is 0 Å². The van der Waals surface area contributed by atoms with Crippen LogP contribution in [-0.2, 0) is 13.5 Å². The molecule has 0 aromatic carbocycles. The minimum Gasteiger partial charge on any atom is -0.394 e. The average Bonchev–Trinajstić information content (AvgIpc) is 2.07. The first kappa shape index (κ1) is 8.77. The normalized spacial score (nSPS) is 10.2. The van der Waals surface area contributed by atoms with Crippen LogP contribution < -0.4 is 11.3 Å². The van der Waals surface area contributed by atoms with Crippen molar-refractivity contribution in [2.24, 2.45) is 7.05 Å². The molecule has 0 atom stereocenters. The molecule has 0 aliphatic carbocycles. The number of hydrogen-bond acceptors (Lipinski definition) is 3. The lowest BCUT2D eigenvalue weighted by molar-refractivity contribution is 0.700. The minimum atomic E-state index is -0.207. The largest absolute Gasteiger partial charge is 0.394 e. The first-order valence-corrected chi connectivity index (χ1v) is 3.97. The van der Waals surface area contributed by atoms with Gasteiger partial charge in [-0.15, -0.1) is 0 Å². The number of rotatable bonds is 2. The Balaban J connectivity index is 3.18. The Labute approximate surface area is 71.0 Å². The third kappa shape index (κ3) is 1.47. The summed E-state index contributed by atoms with van der Waals surface area (Å²) in [5.41, 5.74) is 6.56. The van der Waals surface area contributed by atoms with Crippen molar-refractivity contribution >= 4 is 5.69 Å². The molecule has 4 nitrogen and oxygen atoms in total. The summed E-state index contributed by atoms with van der Waals surface area (Å²) in [5.74, 6) is 0. The van der Waals surface area contributed by atoms with Crippen LogP contribution in [0.4, 0.5) is 5.69 Å². The number of hydrogen-bond donors (Lipinski definition) is 1. The number of aryl methyl sites for hydroxylation is 2. The molecule has 1 aromatic rings. The molecule has 0 amide bonds. The maximum absolute atomic E-state index is 11.2. The average molecular weight is 167 g/mol. The van der Waals surface area contributed by atoms with Crippen molar-refractivity contribution in [3.63, 3.8) is 0 Å². The van der Waals surface area contributed by atoms with Crippen LogP contribution in [0.1, 0.15) is 18.9 Å². The Bertz CT molecular complexity index is 330. The molecule has 0 saturated carbocycles. The Kier molecular flexibility index (Phi) is 2.47. The fourth-order valence-electron chi connectivity index (χ4n) is 1.06. The maximum atomic E-state index is 11.2. The SMILES string of the molecule is CCCc1cnn(C)c(=O)c1N. The van der Waals surface area contributed by atoms with Crippen LogP contribution >= 0.6 is 0 Å². The number of nitrogens with two attached hydrogens (primary N) is 1. The summed E-state index contributed by atoms with van der Waals surface area (Å²) < 4.78 is 1.24. The van der Waals surface area contributed by atoms with Crippen molar-refractivity contribution in [1.29, 1.82) is 0 Å². The molecule has 0 unspecified atom stereocenters. The number of aromatic nitrogens is 2. The van der Waals surface area contributed by atoms with Crippen molar-refractivity contribution in [3.8, 4) is 0 Å². The van der Waals surface area contributed by atoms with E-state index in [4.69, 9.17) is 5.73 Å². The predicted octanol–water partition coefficient (Wildman–Crippen LogP) is 0.315. The van der Waals surface area contributed by atoms with Crippen LogP contribution in [0.25, 0.3) is 0 Å². The highest BCUT2D eigenvalue weighted by Gasteiger charge is 2.03. The second kappa shape index (κ2) is 3.38. The first-order valence-electron chi connectivity index (χ1n) is 3.97. The quantitative estimate of drug-likeness (QED) is 0.689. The van der Waals surface area contributed by atoms with E-state index < -0.39 is 0 Å². The molecule has 4 heteroatoms. The Morgan fingerprint density at radius 3 is 2.92 bits per heavy atom. The molecule has 0 radical (unpaired) electrons. The molecule has 12 heavy (non-hydrogen) atoms. The second-order valence-corrected chi connectivity index (χ2v) is 2.76. The lowest BCUT2D eigenvalue weighted by Gasteiger charge is -2.03. The summed E-state index contributed by atoms with van der Waals surface area (Å²) in [5, 5.41) is 3.88. The van der Waals surface area contributed by atoms with E-state index >= 15 is 0 Å². The first-order chi connectivity index (χ1) is 5.66. The molecule has 0 aliphatic rings. The second-order valence-electron chi connectivity index (χ2n) is 2.76. The third-order valence-electron chi connectivity index (χ3n) is 1.78. The van der Waals surface area contributed by atoms with Crippen LogP contribution in [0.3, 0.4) is 0 Å². The van der Waals surface area contributed by atoms with Crippen LogP contribution in [0.2, 0.25) is 0 Å². The summed E-state index contributed by atoms with van der Waals surface area (Å²) in [4.78, 5) is 11.2. The van der Waals surface area contributed by atoms with Crippen molar-refractivity contribution < 1.29 is 0 Å². The van der Waals surface area contributed by atoms with Gasteiger partial charge in [0.25, 0.3) is 5.56 Å². The molecule has 1 aromatic heterocycles. The van der Waals surface area contributed by atoms with E-state index in [-0.39, 0.29) is 5.56 Å². The van der Waals surface area contributed by atoms with E-state index in [1.807, 2.05) is 6.92 Å². The van der Waals surface area contributed by atoms with E-state index in [2.05, 4.69) is 5.10 Å². The van der Waals surface area contributed by atoms with Gasteiger partial charge in [-0.3, -0.25) is 4.79 Å². The van der Waals surface area contributed by atoms with Gasteiger partial charge in [-0.2, -0.15) is 5.10 Å². The van der Waals surface area contributed by atoms with Crippen molar-refractivity contribution in [1.82, 2.24) is 9.78 Å². The molecule has 0 bridgehead atoms. The van der Waals surface area contributed by atoms with Gasteiger partial charge in [0.1, 0.15) is 5.69 Å². The van der Waals surface area contributed by atoms with Crippen molar-refractivity contribution in [3.05, 3.63) is 22.1 Å². The summed E-state index contributed by atoms with van der Waals surface area (Å²) in [7, 11) is 1.59. The summed E-state index contributed by atoms with van der Waals surface area (Å²) in [6, 6.07) is 0. The van der Waals surface area contributed by atoms with E-state index in [0.717, 1.165) is 18.4 Å². The molecule has 0 aliphatic heterocycles. The van der Waals surface area contributed by atoms with Crippen LogP contribution in [0.5, 0.6) is 0 Å². The Hall–Kier alpha value is -1.32. The fraction of sp³-hybridized carbons (Fsp3) is 0.500. The van der Waals surface area contributed by atoms with Crippen molar-refractivity contribution in [2.45, 2.75) is 19.8 Å². The van der Waals surface area contributed by atoms with Gasteiger partial charge in [-0.25, -0.2) is 4.68 Å². The zero-order chi connectivity index (χ0) is 9.14. The smallest absolute Gasteiger partial charge is 0.289 e. The van der Waals surface area contributed by atoms with Gasteiger partial charge in [-0.05, 0) is 6.42 Å². The zero-order valence-corrected chi connectivity index (χ0v) is 7.37. The molecule has 0 spiro atoms. The minimum absolute atomic E-state index is 0.207. The topological polar surface area (TPSA) is 60.9 Å². The summed E-state index contributed by atoms with van der Waals surface area (Å²) in [6.45, 7) is 2.04. The Morgan fingerprint density at radius 2 is 2.33 bits per heavy atom. The Morgan fingerprint density at radius 1 is 1.67 bits per heavy atom. The standard InChI is InChI=1S/C8H13N3O/c1-3-4-6-5-10-11(2)8(12)7(6)9/h5H,3-4,9H2,1-2H3. The van der Waals surface area contributed by atoms with E-state index in [1.165, 1.54) is 4.68 Å². The summed E-state index contributed by atoms with van der Waals surface area (Å²) >= 11 is 0. The van der Waals surface area contributed by atoms with E-state index in [9.17, 15) is 4.79 Å². The van der Waals surface area contributed by atoms with E-state index in [0.29, 0.717) is 5.69 Å². The van der Waals surface area contributed by atoms with Gasteiger partial charge in [-0.1, -0.05) is 13.3 Å². The molecular weight excluding hydrogens is 154 g/mol. The molecule has 0 saturated heterocycles. The van der Waals surface area contributed by atoms with Gasteiger partial charge in [0, 0.05) is 12.6 Å². The lowest BCUT2D eigenvalue weighted by atomic mass is 10.1. The number of anilines is 1. The molecule has 1 heterocycles. The fourth-order valence-corrected chi connectivity index (χ4v) is 1.06. The lowest BCUT2D eigenvalue weighted by Crippen LogP contribution is -2.23. The van der Waals surface area contributed by atoms with Gasteiger partial charge < -0.3 is 5.73 Å². The molecule has 2 N–H and O–H groups in total. The molecule has 0 fully saturated rings. The van der Waals surface area contributed by atoms with E-state index in [1.54, 1.807) is 13.2 Å². The monoisotopic (exact) mass is 167 g/mol. The van der Waals surface area contributed by atoms with Crippen LogP contribution in [0.15, 0.2) is 11.0 Å². The highest BCUT2D eigenvalue weighted by Crippen LogP contribution is 2.05. The van der Waals surface area contributed by atoms with Crippen molar-refractivity contribution in [2.75, 3.05) is 5.73 Å². The zero-order valence-electron chi connectivity index (χ0n) is 7.37. The van der Waals surface area contributed by atoms with Gasteiger partial charge in [0.15, 0.2) is 0 Å².